The molecule has 23 heavy (non-hydrogen) atoms. The topological polar surface area (TPSA) is 81.3 Å². The molecule has 0 saturated carbocycles. The summed E-state index contributed by atoms with van der Waals surface area (Å²) in [5.41, 5.74) is 7.45. The van der Waals surface area contributed by atoms with Crippen LogP contribution in [0.15, 0.2) is 30.3 Å². The van der Waals surface area contributed by atoms with Crippen molar-refractivity contribution < 1.29 is 9.53 Å². The Morgan fingerprint density at radius 2 is 2.04 bits per heavy atom. The molecule has 0 bridgehead atoms. The molecule has 0 spiro atoms. The van der Waals surface area contributed by atoms with Gasteiger partial charge >= 0.3 is 0 Å². The smallest absolute Gasteiger partial charge is 0.272 e. The third-order valence-electron chi connectivity index (χ3n) is 3.27. The Balaban J connectivity index is 2.31. The molecule has 0 aliphatic rings. The van der Waals surface area contributed by atoms with Gasteiger partial charge in [-0.1, -0.05) is 25.5 Å². The van der Waals surface area contributed by atoms with Crippen molar-refractivity contribution in [2.45, 2.75) is 19.8 Å². The summed E-state index contributed by atoms with van der Waals surface area (Å²) < 4.78 is 5.70. The highest BCUT2D eigenvalue weighted by Crippen LogP contribution is 2.24. The highest BCUT2D eigenvalue weighted by atomic mass is 16.5. The predicted octanol–water partition coefficient (Wildman–Crippen LogP) is 2.61. The molecule has 122 valence electrons. The van der Waals surface area contributed by atoms with Crippen LogP contribution in [0.25, 0.3) is 11.3 Å². The normalized spacial score (nSPS) is 10.4. The summed E-state index contributed by atoms with van der Waals surface area (Å²) in [6.07, 6.45) is 2.09. The number of benzene rings is 1. The monoisotopic (exact) mass is 314 g/mol. The molecular formula is C17H22N4O2. The average Bonchev–Trinajstić information content (AvgIpc) is 2.54. The lowest BCUT2D eigenvalue weighted by Gasteiger charge is -2.11. The molecule has 0 aliphatic heterocycles. The minimum absolute atomic E-state index is 0.0741. The molecule has 0 unspecified atom stereocenters. The van der Waals surface area contributed by atoms with Gasteiger partial charge in [0.2, 0.25) is 5.95 Å². The maximum Gasteiger partial charge on any atom is 0.272 e. The minimum atomic E-state index is -0.212. The molecule has 0 radical (unpaired) electrons. The van der Waals surface area contributed by atoms with E-state index in [1.807, 2.05) is 24.3 Å². The SMILES string of the molecule is CCCCOc1cccc(-c2cc(C(=O)N(C)C)nc(N)n2)c1. The van der Waals surface area contributed by atoms with Gasteiger partial charge in [0.15, 0.2) is 0 Å². The summed E-state index contributed by atoms with van der Waals surface area (Å²) >= 11 is 0. The lowest BCUT2D eigenvalue weighted by Crippen LogP contribution is -2.23. The lowest BCUT2D eigenvalue weighted by molar-refractivity contribution is 0.0822. The lowest BCUT2D eigenvalue weighted by atomic mass is 10.1. The number of rotatable bonds is 6. The number of nitrogens with two attached hydrogens (primary N) is 1. The Labute approximate surface area is 136 Å². The first-order valence-corrected chi connectivity index (χ1v) is 7.60. The van der Waals surface area contributed by atoms with Crippen molar-refractivity contribution in [3.8, 4) is 17.0 Å². The van der Waals surface area contributed by atoms with Gasteiger partial charge in [0, 0.05) is 19.7 Å². The quantitative estimate of drug-likeness (QED) is 0.829. The van der Waals surface area contributed by atoms with Crippen LogP contribution in [0.4, 0.5) is 5.95 Å². The van der Waals surface area contributed by atoms with E-state index in [0.29, 0.717) is 12.3 Å². The van der Waals surface area contributed by atoms with E-state index in [9.17, 15) is 4.79 Å². The fraction of sp³-hybridized carbons (Fsp3) is 0.353. The van der Waals surface area contributed by atoms with E-state index in [2.05, 4.69) is 16.9 Å². The molecule has 2 N–H and O–H groups in total. The van der Waals surface area contributed by atoms with Gasteiger partial charge in [0.05, 0.1) is 12.3 Å². The van der Waals surface area contributed by atoms with Crippen molar-refractivity contribution in [3.05, 3.63) is 36.0 Å². The van der Waals surface area contributed by atoms with E-state index in [-0.39, 0.29) is 17.5 Å². The van der Waals surface area contributed by atoms with Crippen LogP contribution in [0, 0.1) is 0 Å². The van der Waals surface area contributed by atoms with Crippen LogP contribution in [0.5, 0.6) is 5.75 Å². The number of ether oxygens (including phenoxy) is 1. The van der Waals surface area contributed by atoms with Gasteiger partial charge in [0.25, 0.3) is 5.91 Å². The first kappa shape index (κ1) is 16.7. The zero-order valence-electron chi connectivity index (χ0n) is 13.7. The van der Waals surface area contributed by atoms with E-state index in [1.165, 1.54) is 4.90 Å². The van der Waals surface area contributed by atoms with Gasteiger partial charge in [-0.05, 0) is 24.6 Å². The van der Waals surface area contributed by atoms with Crippen LogP contribution in [0.3, 0.4) is 0 Å². The molecular weight excluding hydrogens is 292 g/mol. The Morgan fingerprint density at radius 3 is 2.74 bits per heavy atom. The Hall–Kier alpha value is -2.63. The van der Waals surface area contributed by atoms with Gasteiger partial charge in [-0.15, -0.1) is 0 Å². The standard InChI is InChI=1S/C17H22N4O2/c1-4-5-9-23-13-8-6-7-12(10-13)14-11-15(16(22)21(2)3)20-17(18)19-14/h6-8,10-11H,4-5,9H2,1-3H3,(H2,18,19,20). The summed E-state index contributed by atoms with van der Waals surface area (Å²) in [4.78, 5) is 21.8. The molecule has 0 saturated heterocycles. The average molecular weight is 314 g/mol. The van der Waals surface area contributed by atoms with Gasteiger partial charge in [-0.25, -0.2) is 9.97 Å². The molecule has 2 rings (SSSR count). The van der Waals surface area contributed by atoms with Gasteiger partial charge in [0.1, 0.15) is 11.4 Å². The van der Waals surface area contributed by atoms with Crippen molar-refractivity contribution in [1.29, 1.82) is 0 Å². The zero-order valence-corrected chi connectivity index (χ0v) is 13.7. The Kier molecular flexibility index (Phi) is 5.51. The molecule has 0 aliphatic carbocycles. The first-order chi connectivity index (χ1) is 11.0. The van der Waals surface area contributed by atoms with E-state index >= 15 is 0 Å². The van der Waals surface area contributed by atoms with Crippen molar-refractivity contribution >= 4 is 11.9 Å². The number of carbonyl (C=O) groups is 1. The number of amides is 1. The number of hydrogen-bond donors (Lipinski definition) is 1. The highest BCUT2D eigenvalue weighted by molar-refractivity contribution is 5.93. The van der Waals surface area contributed by atoms with E-state index in [0.717, 1.165) is 24.2 Å². The number of carbonyl (C=O) groups excluding carboxylic acids is 1. The number of aromatic nitrogens is 2. The summed E-state index contributed by atoms with van der Waals surface area (Å²) in [5, 5.41) is 0. The molecule has 1 amide bonds. The molecule has 1 aromatic heterocycles. The second-order valence-corrected chi connectivity index (χ2v) is 5.43. The second-order valence-electron chi connectivity index (χ2n) is 5.43. The van der Waals surface area contributed by atoms with Gasteiger partial charge < -0.3 is 15.4 Å². The zero-order chi connectivity index (χ0) is 16.8. The van der Waals surface area contributed by atoms with E-state index in [4.69, 9.17) is 10.5 Å². The van der Waals surface area contributed by atoms with Crippen molar-refractivity contribution in [3.63, 3.8) is 0 Å². The van der Waals surface area contributed by atoms with Crippen LogP contribution in [0.1, 0.15) is 30.3 Å². The molecule has 6 heteroatoms. The Morgan fingerprint density at radius 1 is 1.26 bits per heavy atom. The van der Waals surface area contributed by atoms with Crippen molar-refractivity contribution in [2.24, 2.45) is 0 Å². The van der Waals surface area contributed by atoms with Crippen LogP contribution in [-0.2, 0) is 0 Å². The highest BCUT2D eigenvalue weighted by Gasteiger charge is 2.13. The van der Waals surface area contributed by atoms with Crippen LogP contribution >= 0.6 is 0 Å². The number of nitrogens with zero attached hydrogens (tertiary/aromatic N) is 3. The molecule has 2 aromatic rings. The van der Waals surface area contributed by atoms with E-state index in [1.54, 1.807) is 20.2 Å². The molecule has 1 aromatic carbocycles. The fourth-order valence-corrected chi connectivity index (χ4v) is 2.03. The van der Waals surface area contributed by atoms with Crippen LogP contribution in [-0.4, -0.2) is 41.5 Å². The summed E-state index contributed by atoms with van der Waals surface area (Å²) in [7, 11) is 3.34. The molecule has 1 heterocycles. The maximum atomic E-state index is 12.1. The fourth-order valence-electron chi connectivity index (χ4n) is 2.03. The van der Waals surface area contributed by atoms with Gasteiger partial charge in [-0.3, -0.25) is 4.79 Å². The van der Waals surface area contributed by atoms with Crippen molar-refractivity contribution in [2.75, 3.05) is 26.4 Å². The van der Waals surface area contributed by atoms with Crippen LogP contribution in [0.2, 0.25) is 0 Å². The summed E-state index contributed by atoms with van der Waals surface area (Å²) in [6.45, 7) is 2.79. The second kappa shape index (κ2) is 7.58. The molecule has 6 nitrogen and oxygen atoms in total. The number of nitrogen functional groups attached to an aromatic ring is 1. The molecule has 0 fully saturated rings. The largest absolute Gasteiger partial charge is 0.494 e. The minimum Gasteiger partial charge on any atom is -0.494 e. The van der Waals surface area contributed by atoms with Crippen molar-refractivity contribution in [1.82, 2.24) is 14.9 Å². The number of hydrogen-bond acceptors (Lipinski definition) is 5. The molecule has 0 atom stereocenters. The number of unbranched alkanes of at least 4 members (excludes halogenated alkanes) is 1. The first-order valence-electron chi connectivity index (χ1n) is 7.60. The maximum absolute atomic E-state index is 12.1. The van der Waals surface area contributed by atoms with Crippen LogP contribution < -0.4 is 10.5 Å². The summed E-state index contributed by atoms with van der Waals surface area (Å²) in [6, 6.07) is 9.22. The summed E-state index contributed by atoms with van der Waals surface area (Å²) in [5.74, 6) is 0.634. The number of anilines is 1. The predicted molar refractivity (Wildman–Crippen MR) is 90.3 cm³/mol. The van der Waals surface area contributed by atoms with Gasteiger partial charge in [-0.2, -0.15) is 0 Å². The Bertz CT molecular complexity index is 686. The third-order valence-corrected chi connectivity index (χ3v) is 3.27. The third kappa shape index (κ3) is 4.42. The van der Waals surface area contributed by atoms with E-state index < -0.39 is 0 Å².